The molecule has 134 valence electrons. The SMILES string of the molecule is COc1cc(-c2cc(C(=O)O)c3c(ccc4ccccc43)n2)cc(Cl)c1[O-]. The average molecular weight is 379 g/mol. The quantitative estimate of drug-likeness (QED) is 0.531. The van der Waals surface area contributed by atoms with Crippen molar-refractivity contribution in [1.82, 2.24) is 4.98 Å². The van der Waals surface area contributed by atoms with E-state index in [1.165, 1.54) is 25.3 Å². The molecule has 4 rings (SSSR count). The van der Waals surface area contributed by atoms with Crippen LogP contribution in [-0.2, 0) is 0 Å². The third-order valence-corrected chi connectivity index (χ3v) is 4.73. The highest BCUT2D eigenvalue weighted by Crippen LogP contribution is 2.37. The molecular weight excluding hydrogens is 366 g/mol. The molecule has 0 radical (unpaired) electrons. The lowest BCUT2D eigenvalue weighted by Gasteiger charge is -2.16. The predicted octanol–water partition coefficient (Wildman–Crippen LogP) is 4.49. The Kier molecular flexibility index (Phi) is 4.09. The Hall–Kier alpha value is -3.31. The molecule has 4 aromatic rings. The van der Waals surface area contributed by atoms with Crippen molar-refractivity contribution in [2.45, 2.75) is 0 Å². The zero-order valence-corrected chi connectivity index (χ0v) is 14.9. The molecule has 1 heterocycles. The number of halogens is 1. The van der Waals surface area contributed by atoms with Crippen molar-refractivity contribution in [2.75, 3.05) is 7.11 Å². The Labute approximate surface area is 159 Å². The van der Waals surface area contributed by atoms with Crippen LogP contribution in [0.2, 0.25) is 5.02 Å². The lowest BCUT2D eigenvalue weighted by atomic mass is 9.98. The maximum Gasteiger partial charge on any atom is 0.336 e. The number of fused-ring (bicyclic) bond motifs is 3. The van der Waals surface area contributed by atoms with Crippen LogP contribution < -0.4 is 9.84 Å². The lowest BCUT2D eigenvalue weighted by molar-refractivity contribution is -0.269. The number of methoxy groups -OCH3 is 1. The van der Waals surface area contributed by atoms with E-state index in [1.807, 2.05) is 30.3 Å². The van der Waals surface area contributed by atoms with Crippen LogP contribution in [0.15, 0.2) is 54.6 Å². The van der Waals surface area contributed by atoms with Crippen molar-refractivity contribution in [2.24, 2.45) is 0 Å². The molecule has 0 fully saturated rings. The van der Waals surface area contributed by atoms with Crippen molar-refractivity contribution in [3.05, 3.63) is 65.2 Å². The molecule has 1 N–H and O–H groups in total. The van der Waals surface area contributed by atoms with Crippen molar-refractivity contribution >= 4 is 39.2 Å². The van der Waals surface area contributed by atoms with Gasteiger partial charge in [-0.05, 0) is 40.8 Å². The van der Waals surface area contributed by atoms with Crippen LogP contribution in [0.25, 0.3) is 32.9 Å². The number of pyridine rings is 1. The molecule has 0 bridgehead atoms. The molecule has 5 nitrogen and oxygen atoms in total. The number of nitrogens with zero attached hydrogens (tertiary/aromatic N) is 1. The van der Waals surface area contributed by atoms with Crippen LogP contribution in [0, 0.1) is 0 Å². The van der Waals surface area contributed by atoms with E-state index < -0.39 is 11.7 Å². The van der Waals surface area contributed by atoms with E-state index in [-0.39, 0.29) is 16.3 Å². The van der Waals surface area contributed by atoms with E-state index in [1.54, 1.807) is 6.07 Å². The molecule has 0 aliphatic heterocycles. The Bertz CT molecular complexity index is 1220. The molecule has 0 amide bonds. The van der Waals surface area contributed by atoms with Crippen LogP contribution in [0.1, 0.15) is 10.4 Å². The normalized spacial score (nSPS) is 11.0. The number of carboxylic acids is 1. The Balaban J connectivity index is 2.06. The Morgan fingerprint density at radius 3 is 2.67 bits per heavy atom. The summed E-state index contributed by atoms with van der Waals surface area (Å²) in [5.74, 6) is -1.40. The minimum Gasteiger partial charge on any atom is -0.869 e. The Morgan fingerprint density at radius 1 is 1.15 bits per heavy atom. The summed E-state index contributed by atoms with van der Waals surface area (Å²) < 4.78 is 5.07. The summed E-state index contributed by atoms with van der Waals surface area (Å²) in [5.41, 5.74) is 1.59. The van der Waals surface area contributed by atoms with Gasteiger partial charge in [-0.3, -0.25) is 0 Å². The fourth-order valence-corrected chi connectivity index (χ4v) is 3.40. The highest BCUT2D eigenvalue weighted by atomic mass is 35.5. The molecule has 0 saturated carbocycles. The number of hydrogen-bond acceptors (Lipinski definition) is 4. The molecule has 0 aliphatic rings. The van der Waals surface area contributed by atoms with Gasteiger partial charge < -0.3 is 14.9 Å². The second-order valence-corrected chi connectivity index (χ2v) is 6.44. The van der Waals surface area contributed by atoms with Crippen LogP contribution in [0.4, 0.5) is 0 Å². The van der Waals surface area contributed by atoms with Crippen molar-refractivity contribution in [1.29, 1.82) is 0 Å². The van der Waals surface area contributed by atoms with E-state index in [4.69, 9.17) is 16.3 Å². The molecule has 3 aromatic carbocycles. The van der Waals surface area contributed by atoms with E-state index in [2.05, 4.69) is 4.98 Å². The van der Waals surface area contributed by atoms with Gasteiger partial charge in [0.05, 0.1) is 23.9 Å². The molecule has 0 aliphatic carbocycles. The number of ether oxygens (including phenoxy) is 1. The molecule has 1 aromatic heterocycles. The number of benzene rings is 3. The summed E-state index contributed by atoms with van der Waals surface area (Å²) in [6, 6.07) is 15.7. The smallest absolute Gasteiger partial charge is 0.336 e. The number of rotatable bonds is 3. The number of aromatic carboxylic acids is 1. The molecule has 0 spiro atoms. The highest BCUT2D eigenvalue weighted by molar-refractivity contribution is 6.32. The van der Waals surface area contributed by atoms with Gasteiger partial charge >= 0.3 is 5.97 Å². The van der Waals surface area contributed by atoms with Crippen LogP contribution in [0.3, 0.4) is 0 Å². The topological polar surface area (TPSA) is 82.5 Å². The molecule has 0 atom stereocenters. The number of aromatic nitrogens is 1. The fraction of sp³-hybridized carbons (Fsp3) is 0.0476. The van der Waals surface area contributed by atoms with Crippen LogP contribution >= 0.6 is 11.6 Å². The molecule has 6 heteroatoms. The van der Waals surface area contributed by atoms with Gasteiger partial charge in [0.15, 0.2) is 0 Å². The van der Waals surface area contributed by atoms with Gasteiger partial charge in [0.25, 0.3) is 0 Å². The highest BCUT2D eigenvalue weighted by Gasteiger charge is 2.16. The van der Waals surface area contributed by atoms with Gasteiger partial charge in [0.1, 0.15) is 5.75 Å². The van der Waals surface area contributed by atoms with Crippen molar-refractivity contribution in [3.63, 3.8) is 0 Å². The first-order valence-corrected chi connectivity index (χ1v) is 8.48. The zero-order chi connectivity index (χ0) is 19.1. The summed E-state index contributed by atoms with van der Waals surface area (Å²) in [6.07, 6.45) is 0. The fourth-order valence-electron chi connectivity index (χ4n) is 3.19. The van der Waals surface area contributed by atoms with Gasteiger partial charge in [0.2, 0.25) is 0 Å². The minimum absolute atomic E-state index is 0.0124. The third-order valence-electron chi connectivity index (χ3n) is 4.45. The van der Waals surface area contributed by atoms with Gasteiger partial charge in [-0.25, -0.2) is 9.78 Å². The number of carboxylic acid groups (broad SMARTS) is 1. The number of carbonyl (C=O) groups is 1. The van der Waals surface area contributed by atoms with Gasteiger partial charge in [-0.15, -0.1) is 0 Å². The van der Waals surface area contributed by atoms with Crippen LogP contribution in [0.5, 0.6) is 11.5 Å². The monoisotopic (exact) mass is 378 g/mol. The first-order valence-electron chi connectivity index (χ1n) is 8.10. The zero-order valence-electron chi connectivity index (χ0n) is 14.2. The van der Waals surface area contributed by atoms with Crippen molar-refractivity contribution in [3.8, 4) is 22.8 Å². The Morgan fingerprint density at radius 2 is 1.93 bits per heavy atom. The van der Waals surface area contributed by atoms with E-state index in [0.717, 1.165) is 10.8 Å². The van der Waals surface area contributed by atoms with E-state index >= 15 is 0 Å². The number of hydrogen-bond donors (Lipinski definition) is 1. The second-order valence-electron chi connectivity index (χ2n) is 6.03. The summed E-state index contributed by atoms with van der Waals surface area (Å²) in [4.78, 5) is 16.6. The molecule has 0 saturated heterocycles. The van der Waals surface area contributed by atoms with Gasteiger partial charge in [-0.2, -0.15) is 0 Å². The molecule has 27 heavy (non-hydrogen) atoms. The predicted molar refractivity (Wildman–Crippen MR) is 103 cm³/mol. The van der Waals surface area contributed by atoms with Gasteiger partial charge in [0, 0.05) is 16.0 Å². The summed E-state index contributed by atoms with van der Waals surface area (Å²) in [5, 5.41) is 24.0. The van der Waals surface area contributed by atoms with E-state index in [0.29, 0.717) is 22.2 Å². The maximum atomic E-state index is 12.0. The lowest BCUT2D eigenvalue weighted by Crippen LogP contribution is -2.02. The molecular formula is C21H13ClNO4-. The summed E-state index contributed by atoms with van der Waals surface area (Å²) >= 11 is 6.01. The standard InChI is InChI=1S/C21H14ClNO4/c1-27-18-9-12(8-15(22)20(18)24)17-10-14(21(25)26)19-13-5-3-2-4-11(13)6-7-16(19)23-17/h2-10,24H,1H3,(H,25,26)/p-1. The second kappa shape index (κ2) is 6.45. The minimum atomic E-state index is -1.06. The first-order chi connectivity index (χ1) is 13.0. The average Bonchev–Trinajstić information content (AvgIpc) is 2.68. The first kappa shape index (κ1) is 17.1. The third kappa shape index (κ3) is 2.82. The largest absolute Gasteiger partial charge is 0.869 e. The summed E-state index contributed by atoms with van der Waals surface area (Å²) in [6.45, 7) is 0. The van der Waals surface area contributed by atoms with Gasteiger partial charge in [-0.1, -0.05) is 41.9 Å². The van der Waals surface area contributed by atoms with E-state index in [9.17, 15) is 15.0 Å². The molecule has 0 unspecified atom stereocenters. The summed E-state index contributed by atoms with van der Waals surface area (Å²) in [7, 11) is 1.37. The van der Waals surface area contributed by atoms with Crippen molar-refractivity contribution < 1.29 is 19.7 Å². The van der Waals surface area contributed by atoms with Crippen LogP contribution in [-0.4, -0.2) is 23.2 Å². The maximum absolute atomic E-state index is 12.0.